The highest BCUT2D eigenvalue weighted by Crippen LogP contribution is 2.30. The zero-order valence-electron chi connectivity index (χ0n) is 11.5. The Labute approximate surface area is 127 Å². The van der Waals surface area contributed by atoms with E-state index in [9.17, 15) is 4.79 Å². The first-order valence-electron chi connectivity index (χ1n) is 6.62. The van der Waals surface area contributed by atoms with Crippen molar-refractivity contribution in [2.24, 2.45) is 0 Å². The van der Waals surface area contributed by atoms with Crippen LogP contribution in [0.15, 0.2) is 67.0 Å². The van der Waals surface area contributed by atoms with Gasteiger partial charge >= 0.3 is 0 Å². The van der Waals surface area contributed by atoms with Crippen molar-refractivity contribution in [3.05, 3.63) is 72.6 Å². The Bertz CT molecular complexity index is 758. The van der Waals surface area contributed by atoms with Crippen molar-refractivity contribution in [1.82, 2.24) is 9.97 Å². The van der Waals surface area contributed by atoms with Crippen LogP contribution in [-0.2, 0) is 0 Å². The lowest BCUT2D eigenvalue weighted by Crippen LogP contribution is -1.95. The van der Waals surface area contributed by atoms with Crippen molar-refractivity contribution >= 4 is 6.29 Å². The summed E-state index contributed by atoms with van der Waals surface area (Å²) in [6.45, 7) is 0. The Hall–Kier alpha value is -3.21. The molecule has 0 fully saturated rings. The van der Waals surface area contributed by atoms with Crippen molar-refractivity contribution in [2.45, 2.75) is 0 Å². The van der Waals surface area contributed by atoms with Crippen LogP contribution in [0.4, 0.5) is 0 Å². The molecule has 0 spiro atoms. The quantitative estimate of drug-likeness (QED) is 0.668. The second-order valence-electron chi connectivity index (χ2n) is 4.37. The van der Waals surface area contributed by atoms with Crippen LogP contribution in [-0.4, -0.2) is 16.3 Å². The molecule has 0 radical (unpaired) electrons. The molecule has 0 saturated carbocycles. The van der Waals surface area contributed by atoms with E-state index in [0.717, 1.165) is 6.29 Å². The predicted molar refractivity (Wildman–Crippen MR) is 80.5 cm³/mol. The van der Waals surface area contributed by atoms with Gasteiger partial charge in [-0.2, -0.15) is 0 Å². The summed E-state index contributed by atoms with van der Waals surface area (Å²) in [6, 6.07) is 16.0. The molecule has 0 aliphatic rings. The Balaban J connectivity index is 1.82. The van der Waals surface area contributed by atoms with Gasteiger partial charge in [0.05, 0.1) is 0 Å². The minimum atomic E-state index is 0.255. The molecule has 0 bridgehead atoms. The van der Waals surface area contributed by atoms with Gasteiger partial charge in [-0.15, -0.1) is 0 Å². The number of hydrogen-bond donors (Lipinski definition) is 0. The number of aldehydes is 1. The van der Waals surface area contributed by atoms with Crippen molar-refractivity contribution in [2.75, 3.05) is 0 Å². The maximum atomic E-state index is 10.7. The number of hydrogen-bond acceptors (Lipinski definition) is 5. The third-order valence-corrected chi connectivity index (χ3v) is 2.82. The fraction of sp³-hybridized carbons (Fsp3) is 0. The molecule has 3 aromatic rings. The van der Waals surface area contributed by atoms with E-state index >= 15 is 0 Å². The number of para-hydroxylation sites is 1. The summed E-state index contributed by atoms with van der Waals surface area (Å²) < 4.78 is 11.3. The van der Waals surface area contributed by atoms with E-state index in [1.807, 2.05) is 30.3 Å². The van der Waals surface area contributed by atoms with Gasteiger partial charge in [0.25, 0.3) is 11.8 Å². The molecule has 5 heteroatoms. The molecule has 0 aliphatic heterocycles. The molecule has 0 atom stereocenters. The Morgan fingerprint density at radius 2 is 1.27 bits per heavy atom. The molecule has 108 valence electrons. The van der Waals surface area contributed by atoms with Gasteiger partial charge < -0.3 is 9.47 Å². The van der Waals surface area contributed by atoms with Gasteiger partial charge in [-0.3, -0.25) is 4.79 Å². The smallest absolute Gasteiger partial charge is 0.284 e. The van der Waals surface area contributed by atoms with Crippen LogP contribution in [0.25, 0.3) is 0 Å². The van der Waals surface area contributed by atoms with E-state index in [1.54, 1.807) is 24.3 Å². The topological polar surface area (TPSA) is 61.3 Å². The van der Waals surface area contributed by atoms with Crippen molar-refractivity contribution in [3.63, 3.8) is 0 Å². The third kappa shape index (κ3) is 3.27. The lowest BCUT2D eigenvalue weighted by Gasteiger charge is -2.09. The van der Waals surface area contributed by atoms with E-state index in [4.69, 9.17) is 9.47 Å². The van der Waals surface area contributed by atoms with Gasteiger partial charge in [0.1, 0.15) is 17.8 Å². The third-order valence-electron chi connectivity index (χ3n) is 2.82. The number of nitrogens with zero attached hydrogens (tertiary/aromatic N) is 2. The number of aromatic nitrogens is 2. The number of carbonyl (C=O) groups excluding carboxylic acids is 1. The summed E-state index contributed by atoms with van der Waals surface area (Å²) in [6.07, 6.45) is 3.82. The zero-order chi connectivity index (χ0) is 15.2. The van der Waals surface area contributed by atoms with Gasteiger partial charge in [0, 0.05) is 18.0 Å². The number of ether oxygens (including phenoxy) is 2. The average molecular weight is 292 g/mol. The minimum Gasteiger partial charge on any atom is -0.435 e. The molecule has 0 unspecified atom stereocenters. The zero-order valence-corrected chi connectivity index (χ0v) is 11.5. The molecule has 5 nitrogen and oxygen atoms in total. The lowest BCUT2D eigenvalue weighted by atomic mass is 10.2. The highest BCUT2D eigenvalue weighted by Gasteiger charge is 2.10. The molecule has 1 aromatic heterocycles. The first kappa shape index (κ1) is 13.8. The van der Waals surface area contributed by atoms with E-state index in [2.05, 4.69) is 9.97 Å². The fourth-order valence-corrected chi connectivity index (χ4v) is 1.78. The molecule has 0 N–H and O–H groups in total. The Morgan fingerprint density at radius 1 is 0.727 bits per heavy atom. The number of carbonyl (C=O) groups is 1. The van der Waals surface area contributed by atoms with Crippen molar-refractivity contribution < 1.29 is 14.3 Å². The summed E-state index contributed by atoms with van der Waals surface area (Å²) >= 11 is 0. The first-order valence-corrected chi connectivity index (χ1v) is 6.62. The summed E-state index contributed by atoms with van der Waals surface area (Å²) in [4.78, 5) is 18.9. The molecular formula is C17H12N2O3. The summed E-state index contributed by atoms with van der Waals surface area (Å²) in [5, 5.41) is 0. The van der Waals surface area contributed by atoms with E-state index in [-0.39, 0.29) is 11.8 Å². The van der Waals surface area contributed by atoms with Crippen LogP contribution in [0.2, 0.25) is 0 Å². The molecular weight excluding hydrogens is 280 g/mol. The van der Waals surface area contributed by atoms with Gasteiger partial charge in [-0.25, -0.2) is 9.97 Å². The Kier molecular flexibility index (Phi) is 4.06. The summed E-state index contributed by atoms with van der Waals surface area (Å²) in [7, 11) is 0. The van der Waals surface area contributed by atoms with E-state index < -0.39 is 0 Å². The molecule has 3 rings (SSSR count). The van der Waals surface area contributed by atoms with Gasteiger partial charge in [0.2, 0.25) is 0 Å². The fourth-order valence-electron chi connectivity index (χ4n) is 1.78. The highest BCUT2D eigenvalue weighted by atomic mass is 16.5. The first-order chi connectivity index (χ1) is 10.8. The molecule has 2 aromatic carbocycles. The molecule has 1 heterocycles. The van der Waals surface area contributed by atoms with Crippen molar-refractivity contribution in [1.29, 1.82) is 0 Å². The highest BCUT2D eigenvalue weighted by molar-refractivity contribution is 5.74. The van der Waals surface area contributed by atoms with Crippen LogP contribution in [0.3, 0.4) is 0 Å². The van der Waals surface area contributed by atoms with Crippen LogP contribution in [0, 0.1) is 0 Å². The SMILES string of the molecule is O=Cc1ccc(Oc2nccnc2Oc2ccccc2)cc1. The molecule has 0 saturated heterocycles. The monoisotopic (exact) mass is 292 g/mol. The number of rotatable bonds is 5. The lowest BCUT2D eigenvalue weighted by molar-refractivity contribution is 0.112. The van der Waals surface area contributed by atoms with Crippen LogP contribution >= 0.6 is 0 Å². The van der Waals surface area contributed by atoms with E-state index in [0.29, 0.717) is 17.1 Å². The molecule has 0 amide bonds. The van der Waals surface area contributed by atoms with E-state index in [1.165, 1.54) is 12.4 Å². The normalized spacial score (nSPS) is 10.0. The second kappa shape index (κ2) is 6.49. The average Bonchev–Trinajstić information content (AvgIpc) is 2.58. The number of benzene rings is 2. The minimum absolute atomic E-state index is 0.255. The largest absolute Gasteiger partial charge is 0.435 e. The second-order valence-corrected chi connectivity index (χ2v) is 4.37. The van der Waals surface area contributed by atoms with Crippen LogP contribution in [0.1, 0.15) is 10.4 Å². The maximum absolute atomic E-state index is 10.7. The maximum Gasteiger partial charge on any atom is 0.284 e. The van der Waals surface area contributed by atoms with Crippen molar-refractivity contribution in [3.8, 4) is 23.3 Å². The summed E-state index contributed by atoms with van der Waals surface area (Å²) in [5.74, 6) is 1.71. The summed E-state index contributed by atoms with van der Waals surface area (Å²) in [5.41, 5.74) is 0.576. The molecule has 22 heavy (non-hydrogen) atoms. The van der Waals surface area contributed by atoms with Gasteiger partial charge in [0.15, 0.2) is 0 Å². The van der Waals surface area contributed by atoms with Crippen LogP contribution in [0.5, 0.6) is 23.3 Å². The molecule has 0 aliphatic carbocycles. The Morgan fingerprint density at radius 3 is 1.82 bits per heavy atom. The van der Waals surface area contributed by atoms with Gasteiger partial charge in [-0.1, -0.05) is 18.2 Å². The van der Waals surface area contributed by atoms with Crippen LogP contribution < -0.4 is 9.47 Å². The van der Waals surface area contributed by atoms with Gasteiger partial charge in [-0.05, 0) is 36.4 Å². The predicted octanol–water partition coefficient (Wildman–Crippen LogP) is 3.87. The standard InChI is InChI=1S/C17H12N2O3/c20-12-13-6-8-15(9-7-13)22-17-16(18-10-11-19-17)21-14-4-2-1-3-5-14/h1-12H.